The average molecular weight is 314 g/mol. The molecule has 1 saturated heterocycles. The summed E-state index contributed by atoms with van der Waals surface area (Å²) in [5.41, 5.74) is 0.273. The normalized spacial score (nSPS) is 19.8. The zero-order valence-electron chi connectivity index (χ0n) is 13.4. The maximum atomic E-state index is 12.8. The number of hydrogen-bond acceptors (Lipinski definition) is 4. The van der Waals surface area contributed by atoms with Crippen molar-refractivity contribution in [2.75, 3.05) is 20.1 Å². The molecule has 120 valence electrons. The molecular weight excluding hydrogens is 288 g/mol. The van der Waals surface area contributed by atoms with Gasteiger partial charge in [0.15, 0.2) is 0 Å². The van der Waals surface area contributed by atoms with Crippen molar-refractivity contribution in [2.45, 2.75) is 51.5 Å². The number of furan rings is 1. The highest BCUT2D eigenvalue weighted by Gasteiger charge is 2.35. The molecule has 5 nitrogen and oxygen atoms in total. The lowest BCUT2D eigenvalue weighted by molar-refractivity contribution is 0.169. The number of hydrogen-bond donors (Lipinski definition) is 1. The fraction of sp³-hybridized carbons (Fsp3) is 0.733. The number of aryl methyl sites for hydroxylation is 1. The first-order chi connectivity index (χ1) is 9.82. The summed E-state index contributed by atoms with van der Waals surface area (Å²) in [6.45, 7) is 7.85. The molecule has 0 atom stereocenters. The molecule has 0 saturated carbocycles. The SMILES string of the molecule is CCC1(C)CCN(S(=O)(=O)c2cc(CNC)oc2C)CC1. The number of piperidine rings is 1. The molecule has 0 spiro atoms. The number of rotatable bonds is 5. The van der Waals surface area contributed by atoms with Crippen LogP contribution in [0.5, 0.6) is 0 Å². The summed E-state index contributed by atoms with van der Waals surface area (Å²) in [7, 11) is -1.63. The van der Waals surface area contributed by atoms with E-state index in [1.165, 1.54) is 0 Å². The minimum Gasteiger partial charge on any atom is -0.464 e. The fourth-order valence-corrected chi connectivity index (χ4v) is 4.43. The Hall–Kier alpha value is -0.850. The molecule has 1 aromatic rings. The quantitative estimate of drug-likeness (QED) is 0.907. The Bertz CT molecular complexity index is 584. The Morgan fingerprint density at radius 1 is 1.38 bits per heavy atom. The van der Waals surface area contributed by atoms with E-state index in [1.54, 1.807) is 17.3 Å². The van der Waals surface area contributed by atoms with Crippen molar-refractivity contribution >= 4 is 10.0 Å². The second-order valence-electron chi connectivity index (χ2n) is 6.23. The first-order valence-corrected chi connectivity index (χ1v) is 9.00. The van der Waals surface area contributed by atoms with Gasteiger partial charge in [0.2, 0.25) is 10.0 Å². The molecule has 1 fully saturated rings. The minimum absolute atomic E-state index is 0.273. The molecule has 2 heterocycles. The summed E-state index contributed by atoms with van der Waals surface area (Å²) >= 11 is 0. The minimum atomic E-state index is -3.44. The number of sulfonamides is 1. The van der Waals surface area contributed by atoms with E-state index in [0.717, 1.165) is 19.3 Å². The second-order valence-corrected chi connectivity index (χ2v) is 8.14. The highest BCUT2D eigenvalue weighted by Crippen LogP contribution is 2.36. The second kappa shape index (κ2) is 6.10. The first-order valence-electron chi connectivity index (χ1n) is 7.56. The van der Waals surface area contributed by atoms with Crippen molar-refractivity contribution in [3.05, 3.63) is 17.6 Å². The van der Waals surface area contributed by atoms with Gasteiger partial charge in [-0.3, -0.25) is 0 Å². The number of nitrogens with zero attached hydrogens (tertiary/aromatic N) is 1. The van der Waals surface area contributed by atoms with Crippen LogP contribution >= 0.6 is 0 Å². The molecule has 1 N–H and O–H groups in total. The standard InChI is InChI=1S/C15H26N2O3S/c1-5-15(3)6-8-17(9-7-15)21(18,19)14-10-13(11-16-4)20-12(14)2/h10,16H,5-9,11H2,1-4H3. The van der Waals surface area contributed by atoms with E-state index in [-0.39, 0.29) is 5.41 Å². The predicted molar refractivity (Wildman–Crippen MR) is 82.6 cm³/mol. The van der Waals surface area contributed by atoms with Crippen LogP contribution in [0.15, 0.2) is 15.4 Å². The Labute approximate surface area is 127 Å². The zero-order chi connectivity index (χ0) is 15.7. The van der Waals surface area contributed by atoms with Crippen LogP contribution in [0.25, 0.3) is 0 Å². The van der Waals surface area contributed by atoms with Crippen LogP contribution in [-0.2, 0) is 16.6 Å². The first kappa shape index (κ1) is 16.5. The molecule has 0 bridgehead atoms. The summed E-state index contributed by atoms with van der Waals surface area (Å²) in [6, 6.07) is 1.65. The lowest BCUT2D eigenvalue weighted by Gasteiger charge is -2.38. The lowest BCUT2D eigenvalue weighted by Crippen LogP contribution is -2.41. The Morgan fingerprint density at radius 3 is 2.52 bits per heavy atom. The van der Waals surface area contributed by atoms with Gasteiger partial charge in [-0.2, -0.15) is 4.31 Å². The van der Waals surface area contributed by atoms with Gasteiger partial charge in [-0.05, 0) is 32.2 Å². The molecule has 21 heavy (non-hydrogen) atoms. The Balaban J connectivity index is 2.19. The topological polar surface area (TPSA) is 62.6 Å². The van der Waals surface area contributed by atoms with E-state index in [4.69, 9.17) is 4.42 Å². The summed E-state index contributed by atoms with van der Waals surface area (Å²) in [6.07, 6.45) is 2.93. The molecule has 1 aliphatic rings. The van der Waals surface area contributed by atoms with E-state index in [9.17, 15) is 8.42 Å². The van der Waals surface area contributed by atoms with Crippen LogP contribution in [0.1, 0.15) is 44.6 Å². The van der Waals surface area contributed by atoms with Gasteiger partial charge in [0.25, 0.3) is 0 Å². The van der Waals surface area contributed by atoms with Crippen LogP contribution in [0.3, 0.4) is 0 Å². The van der Waals surface area contributed by atoms with Gasteiger partial charge in [0.05, 0.1) is 6.54 Å². The summed E-state index contributed by atoms with van der Waals surface area (Å²) in [4.78, 5) is 0.313. The fourth-order valence-electron chi connectivity index (χ4n) is 2.80. The molecule has 0 aliphatic carbocycles. The van der Waals surface area contributed by atoms with Crippen molar-refractivity contribution in [2.24, 2.45) is 5.41 Å². The van der Waals surface area contributed by atoms with Gasteiger partial charge in [-0.25, -0.2) is 8.42 Å². The third-order valence-electron chi connectivity index (χ3n) is 4.68. The molecule has 0 aromatic carbocycles. The average Bonchev–Trinajstić information content (AvgIpc) is 2.81. The smallest absolute Gasteiger partial charge is 0.246 e. The third-order valence-corrected chi connectivity index (χ3v) is 6.68. The lowest BCUT2D eigenvalue weighted by atomic mass is 9.79. The molecular formula is C15H26N2O3S. The molecule has 2 rings (SSSR count). The largest absolute Gasteiger partial charge is 0.464 e. The zero-order valence-corrected chi connectivity index (χ0v) is 14.2. The van der Waals surface area contributed by atoms with Gasteiger partial charge in [0.1, 0.15) is 16.4 Å². The maximum Gasteiger partial charge on any atom is 0.246 e. The van der Waals surface area contributed by atoms with Crippen LogP contribution < -0.4 is 5.32 Å². The van der Waals surface area contributed by atoms with E-state index < -0.39 is 10.0 Å². The van der Waals surface area contributed by atoms with Crippen LogP contribution in [0, 0.1) is 12.3 Å². The van der Waals surface area contributed by atoms with E-state index in [2.05, 4.69) is 19.2 Å². The van der Waals surface area contributed by atoms with E-state index in [0.29, 0.717) is 36.1 Å². The monoisotopic (exact) mass is 314 g/mol. The van der Waals surface area contributed by atoms with Gasteiger partial charge in [0, 0.05) is 19.2 Å². The highest BCUT2D eigenvalue weighted by atomic mass is 32.2. The maximum absolute atomic E-state index is 12.8. The van der Waals surface area contributed by atoms with Crippen molar-refractivity contribution in [1.29, 1.82) is 0 Å². The molecule has 0 radical (unpaired) electrons. The van der Waals surface area contributed by atoms with Gasteiger partial charge in [-0.1, -0.05) is 20.3 Å². The highest BCUT2D eigenvalue weighted by molar-refractivity contribution is 7.89. The van der Waals surface area contributed by atoms with Crippen LogP contribution in [-0.4, -0.2) is 32.9 Å². The molecule has 6 heteroatoms. The summed E-state index contributed by atoms with van der Waals surface area (Å²) < 4.78 is 32.7. The van der Waals surface area contributed by atoms with Gasteiger partial charge >= 0.3 is 0 Å². The molecule has 0 amide bonds. The molecule has 1 aliphatic heterocycles. The third kappa shape index (κ3) is 3.33. The van der Waals surface area contributed by atoms with Crippen LogP contribution in [0.4, 0.5) is 0 Å². The Kier molecular flexibility index (Phi) is 4.80. The van der Waals surface area contributed by atoms with Crippen molar-refractivity contribution in [3.63, 3.8) is 0 Å². The van der Waals surface area contributed by atoms with Crippen molar-refractivity contribution < 1.29 is 12.8 Å². The van der Waals surface area contributed by atoms with Gasteiger partial charge in [-0.15, -0.1) is 0 Å². The number of nitrogens with one attached hydrogen (secondary N) is 1. The van der Waals surface area contributed by atoms with Gasteiger partial charge < -0.3 is 9.73 Å². The predicted octanol–water partition coefficient (Wildman–Crippen LogP) is 2.51. The molecule has 1 aromatic heterocycles. The van der Waals surface area contributed by atoms with Crippen LogP contribution in [0.2, 0.25) is 0 Å². The Morgan fingerprint density at radius 2 is 2.00 bits per heavy atom. The van der Waals surface area contributed by atoms with Crippen molar-refractivity contribution in [3.8, 4) is 0 Å². The summed E-state index contributed by atoms with van der Waals surface area (Å²) in [5, 5.41) is 2.97. The molecule has 0 unspecified atom stereocenters. The van der Waals surface area contributed by atoms with Crippen molar-refractivity contribution in [1.82, 2.24) is 9.62 Å². The van der Waals surface area contributed by atoms with E-state index >= 15 is 0 Å². The van der Waals surface area contributed by atoms with E-state index in [1.807, 2.05) is 7.05 Å². The summed E-state index contributed by atoms with van der Waals surface area (Å²) in [5.74, 6) is 1.13.